The number of nitrogens with zero attached hydrogens (tertiary/aromatic N) is 4. The van der Waals surface area contributed by atoms with E-state index >= 15 is 0 Å². The van der Waals surface area contributed by atoms with Gasteiger partial charge in [0.1, 0.15) is 18.1 Å². The van der Waals surface area contributed by atoms with Gasteiger partial charge in [-0.3, -0.25) is 0 Å². The average Bonchev–Trinajstić information content (AvgIpc) is 3.03. The second kappa shape index (κ2) is 14.2. The molecule has 2 rings (SSSR count). The number of hydrogen-bond acceptors (Lipinski definition) is 5. The highest BCUT2D eigenvalue weighted by molar-refractivity contribution is 14.0. The fourth-order valence-electron chi connectivity index (χ4n) is 2.86. The first-order valence-electron chi connectivity index (χ1n) is 10.1. The summed E-state index contributed by atoms with van der Waals surface area (Å²) in [6, 6.07) is 6.24. The second-order valence-electron chi connectivity index (χ2n) is 6.86. The van der Waals surface area contributed by atoms with Gasteiger partial charge in [-0.05, 0) is 45.2 Å². The largest absolute Gasteiger partial charge is 0.496 e. The lowest BCUT2D eigenvalue weighted by Crippen LogP contribution is -2.39. The third-order valence-electron chi connectivity index (χ3n) is 4.65. The van der Waals surface area contributed by atoms with Crippen LogP contribution < -0.4 is 15.4 Å². The summed E-state index contributed by atoms with van der Waals surface area (Å²) < 4.78 is 12.8. The summed E-state index contributed by atoms with van der Waals surface area (Å²) in [6.07, 6.45) is 1.76. The van der Waals surface area contributed by atoms with E-state index in [4.69, 9.17) is 9.47 Å². The van der Waals surface area contributed by atoms with Gasteiger partial charge in [0.05, 0.1) is 7.11 Å². The molecular weight excluding hydrogens is 495 g/mol. The molecule has 1 aromatic heterocycles. The molecule has 1 heterocycles. The molecule has 0 unspecified atom stereocenters. The molecule has 8 nitrogen and oxygen atoms in total. The number of rotatable bonds is 11. The van der Waals surface area contributed by atoms with Crippen molar-refractivity contribution < 1.29 is 9.47 Å². The fraction of sp³-hybridized carbons (Fsp3) is 0.571. The van der Waals surface area contributed by atoms with Gasteiger partial charge in [0.25, 0.3) is 0 Å². The van der Waals surface area contributed by atoms with Crippen LogP contribution in [0.5, 0.6) is 5.75 Å². The number of benzene rings is 1. The molecule has 168 valence electrons. The van der Waals surface area contributed by atoms with Crippen LogP contribution in [0.15, 0.2) is 23.2 Å². The second-order valence-corrected chi connectivity index (χ2v) is 6.86. The lowest BCUT2D eigenvalue weighted by Gasteiger charge is -2.14. The minimum absolute atomic E-state index is 0. The summed E-state index contributed by atoms with van der Waals surface area (Å²) in [6.45, 7) is 9.50. The Morgan fingerprint density at radius 1 is 1.17 bits per heavy atom. The van der Waals surface area contributed by atoms with E-state index in [0.29, 0.717) is 6.54 Å². The number of hydrogen-bond donors (Lipinski definition) is 2. The van der Waals surface area contributed by atoms with Crippen LogP contribution in [0.4, 0.5) is 0 Å². The van der Waals surface area contributed by atoms with Gasteiger partial charge in [-0.1, -0.05) is 17.7 Å². The van der Waals surface area contributed by atoms with E-state index in [9.17, 15) is 0 Å². The van der Waals surface area contributed by atoms with Gasteiger partial charge in [-0.15, -0.1) is 34.2 Å². The van der Waals surface area contributed by atoms with E-state index < -0.39 is 0 Å². The van der Waals surface area contributed by atoms with Crippen molar-refractivity contribution in [2.75, 3.05) is 33.4 Å². The monoisotopic (exact) mass is 530 g/mol. The number of ether oxygens (including phenoxy) is 2. The van der Waals surface area contributed by atoms with E-state index in [-0.39, 0.29) is 24.0 Å². The van der Waals surface area contributed by atoms with Gasteiger partial charge in [-0.25, -0.2) is 4.99 Å². The number of aromatic nitrogens is 3. The van der Waals surface area contributed by atoms with Crippen molar-refractivity contribution >= 4 is 29.9 Å². The van der Waals surface area contributed by atoms with E-state index in [1.807, 2.05) is 31.5 Å². The molecule has 9 heteroatoms. The Balaban J connectivity index is 0.00000450. The molecule has 0 atom stereocenters. The zero-order valence-electron chi connectivity index (χ0n) is 18.7. The first kappa shape index (κ1) is 26.2. The molecule has 0 aliphatic heterocycles. The maximum Gasteiger partial charge on any atom is 0.191 e. The van der Waals surface area contributed by atoms with E-state index in [0.717, 1.165) is 62.5 Å². The maximum atomic E-state index is 5.48. The van der Waals surface area contributed by atoms with Crippen molar-refractivity contribution in [3.05, 3.63) is 41.0 Å². The Kier molecular flexibility index (Phi) is 12.4. The van der Waals surface area contributed by atoms with Gasteiger partial charge < -0.3 is 24.7 Å². The van der Waals surface area contributed by atoms with Crippen LogP contribution in [0.2, 0.25) is 0 Å². The predicted molar refractivity (Wildman–Crippen MR) is 131 cm³/mol. The molecule has 1 aromatic carbocycles. The molecular formula is C21H35IN6O2. The Labute approximate surface area is 196 Å². The Morgan fingerprint density at radius 3 is 2.60 bits per heavy atom. The Hall–Kier alpha value is -1.88. The highest BCUT2D eigenvalue weighted by Gasteiger charge is 2.07. The van der Waals surface area contributed by atoms with Crippen molar-refractivity contribution in [2.45, 2.75) is 40.2 Å². The van der Waals surface area contributed by atoms with Crippen molar-refractivity contribution in [1.82, 2.24) is 25.4 Å². The van der Waals surface area contributed by atoms with Crippen LogP contribution in [-0.2, 0) is 24.8 Å². The zero-order chi connectivity index (χ0) is 21.1. The number of halogens is 1. The summed E-state index contributed by atoms with van der Waals surface area (Å²) >= 11 is 0. The highest BCUT2D eigenvalue weighted by atomic mass is 127. The SMILES string of the molecule is CCOCCCNC(=NCc1nnc(C)n1C)NCCc1cc(C)ccc1OC.I. The number of guanidine groups is 1. The third-order valence-corrected chi connectivity index (χ3v) is 4.65. The molecule has 2 aromatic rings. The van der Waals surface area contributed by atoms with Gasteiger partial charge in [0, 0.05) is 33.4 Å². The van der Waals surface area contributed by atoms with Crippen molar-refractivity contribution in [2.24, 2.45) is 12.0 Å². The molecule has 0 spiro atoms. The van der Waals surface area contributed by atoms with Crippen LogP contribution in [0.3, 0.4) is 0 Å². The summed E-state index contributed by atoms with van der Waals surface area (Å²) in [5.74, 6) is 3.38. The standard InChI is InChI=1S/C21H34N6O2.HI/c1-6-29-13-7-11-22-21(24-15-20-26-25-17(3)27(20)4)23-12-10-18-14-16(2)8-9-19(18)28-5;/h8-9,14H,6-7,10-13,15H2,1-5H3,(H2,22,23,24);1H. The first-order valence-corrected chi connectivity index (χ1v) is 10.1. The maximum absolute atomic E-state index is 5.48. The molecule has 0 fully saturated rings. The van der Waals surface area contributed by atoms with E-state index in [2.05, 4.69) is 44.9 Å². The predicted octanol–water partition coefficient (Wildman–Crippen LogP) is 2.76. The van der Waals surface area contributed by atoms with Crippen LogP contribution in [0.25, 0.3) is 0 Å². The minimum atomic E-state index is 0. The van der Waals surface area contributed by atoms with Gasteiger partial charge in [0.15, 0.2) is 11.8 Å². The normalized spacial score (nSPS) is 11.2. The van der Waals surface area contributed by atoms with Crippen LogP contribution >= 0.6 is 24.0 Å². The van der Waals surface area contributed by atoms with Crippen LogP contribution in [0.1, 0.15) is 36.1 Å². The number of aliphatic imine (C=N–C) groups is 1. The van der Waals surface area contributed by atoms with Crippen LogP contribution in [-0.4, -0.2) is 54.1 Å². The molecule has 0 radical (unpaired) electrons. The smallest absolute Gasteiger partial charge is 0.191 e. The van der Waals surface area contributed by atoms with Crippen molar-refractivity contribution in [1.29, 1.82) is 0 Å². The molecule has 0 amide bonds. The third kappa shape index (κ3) is 8.47. The van der Waals surface area contributed by atoms with Gasteiger partial charge in [0.2, 0.25) is 0 Å². The fourth-order valence-corrected chi connectivity index (χ4v) is 2.86. The number of aryl methyl sites for hydroxylation is 2. The molecule has 2 N–H and O–H groups in total. The highest BCUT2D eigenvalue weighted by Crippen LogP contribution is 2.19. The van der Waals surface area contributed by atoms with Crippen LogP contribution in [0, 0.1) is 13.8 Å². The van der Waals surface area contributed by atoms with E-state index in [1.54, 1.807) is 7.11 Å². The quantitative estimate of drug-likeness (QED) is 0.201. The molecule has 0 aliphatic carbocycles. The minimum Gasteiger partial charge on any atom is -0.496 e. The summed E-state index contributed by atoms with van der Waals surface area (Å²) in [5, 5.41) is 15.1. The average molecular weight is 530 g/mol. The molecule has 0 aliphatic rings. The lowest BCUT2D eigenvalue weighted by molar-refractivity contribution is 0.145. The van der Waals surface area contributed by atoms with E-state index in [1.165, 1.54) is 11.1 Å². The van der Waals surface area contributed by atoms with Crippen molar-refractivity contribution in [3.8, 4) is 5.75 Å². The molecule has 0 saturated carbocycles. The number of methoxy groups -OCH3 is 1. The summed E-state index contributed by atoms with van der Waals surface area (Å²) in [4.78, 5) is 4.68. The summed E-state index contributed by atoms with van der Waals surface area (Å²) in [5.41, 5.74) is 2.40. The van der Waals surface area contributed by atoms with Crippen molar-refractivity contribution in [3.63, 3.8) is 0 Å². The van der Waals surface area contributed by atoms with Gasteiger partial charge in [-0.2, -0.15) is 0 Å². The molecule has 30 heavy (non-hydrogen) atoms. The molecule has 0 bridgehead atoms. The Bertz CT molecular complexity index is 794. The number of nitrogens with one attached hydrogen (secondary N) is 2. The Morgan fingerprint density at radius 2 is 1.93 bits per heavy atom. The first-order chi connectivity index (χ1) is 14.0. The molecule has 0 saturated heterocycles. The lowest BCUT2D eigenvalue weighted by atomic mass is 10.1. The zero-order valence-corrected chi connectivity index (χ0v) is 21.0. The van der Waals surface area contributed by atoms with Gasteiger partial charge >= 0.3 is 0 Å². The topological polar surface area (TPSA) is 85.6 Å². The summed E-state index contributed by atoms with van der Waals surface area (Å²) in [7, 11) is 3.66.